The molecule has 0 unspecified atom stereocenters. The van der Waals surface area contributed by atoms with Gasteiger partial charge in [0.25, 0.3) is 0 Å². The van der Waals surface area contributed by atoms with E-state index in [0.717, 1.165) is 49.3 Å². The van der Waals surface area contributed by atoms with Crippen LogP contribution >= 0.6 is 0 Å². The van der Waals surface area contributed by atoms with Crippen molar-refractivity contribution in [3.8, 4) is 0 Å². The lowest BCUT2D eigenvalue weighted by molar-refractivity contribution is -0.146. The molecule has 1 N–H and O–H groups in total. The molecule has 2 fully saturated rings. The number of nitrogens with one attached hydrogen (secondary N) is 1. The van der Waals surface area contributed by atoms with E-state index in [9.17, 15) is 4.79 Å². The highest BCUT2D eigenvalue weighted by Gasteiger charge is 2.43. The number of aromatic nitrogens is 2. The number of amides is 1. The molecule has 6 heteroatoms. The Kier molecular flexibility index (Phi) is 4.49. The summed E-state index contributed by atoms with van der Waals surface area (Å²) in [5, 5.41) is 0. The maximum absolute atomic E-state index is 13.4. The van der Waals surface area contributed by atoms with E-state index >= 15 is 0 Å². The normalized spacial score (nSPS) is 22.3. The summed E-state index contributed by atoms with van der Waals surface area (Å²) in [6.07, 6.45) is 1.98. The quantitative estimate of drug-likeness (QED) is 0.918. The average molecular weight is 356 g/mol. The highest BCUT2D eigenvalue weighted by Crippen LogP contribution is 2.34. The second-order valence-electron chi connectivity index (χ2n) is 7.96. The van der Waals surface area contributed by atoms with Gasteiger partial charge in [-0.15, -0.1) is 0 Å². The van der Waals surface area contributed by atoms with Crippen molar-refractivity contribution in [2.75, 3.05) is 32.8 Å². The van der Waals surface area contributed by atoms with Crippen LogP contribution in [0.1, 0.15) is 44.1 Å². The molecular weight excluding hydrogens is 328 g/mol. The minimum absolute atomic E-state index is 0.0375. The van der Waals surface area contributed by atoms with E-state index in [0.29, 0.717) is 13.2 Å². The number of hydrogen-bond donors (Lipinski definition) is 1. The number of carbonyl (C=O) groups excluding carboxylic acids is 1. The Morgan fingerprint density at radius 3 is 2.81 bits per heavy atom. The van der Waals surface area contributed by atoms with Gasteiger partial charge in [0.2, 0.25) is 5.91 Å². The number of carbonyl (C=O) groups is 1. The molecule has 1 atom stereocenters. The van der Waals surface area contributed by atoms with Crippen LogP contribution in [-0.4, -0.2) is 64.1 Å². The van der Waals surface area contributed by atoms with Gasteiger partial charge >= 0.3 is 0 Å². The molecule has 140 valence electrons. The first-order valence-electron chi connectivity index (χ1n) is 9.57. The summed E-state index contributed by atoms with van der Waals surface area (Å²) < 4.78 is 5.45. The van der Waals surface area contributed by atoms with Crippen LogP contribution in [0.2, 0.25) is 0 Å². The van der Waals surface area contributed by atoms with Crippen LogP contribution < -0.4 is 0 Å². The third-order valence-corrected chi connectivity index (χ3v) is 5.81. The second-order valence-corrected chi connectivity index (χ2v) is 7.96. The van der Waals surface area contributed by atoms with Crippen LogP contribution in [0, 0.1) is 6.92 Å². The molecule has 4 rings (SSSR count). The molecule has 0 aliphatic carbocycles. The van der Waals surface area contributed by atoms with Crippen molar-refractivity contribution in [1.82, 2.24) is 19.8 Å². The lowest BCUT2D eigenvalue weighted by atomic mass is 9.99. The van der Waals surface area contributed by atoms with Gasteiger partial charge in [-0.25, -0.2) is 4.98 Å². The number of hydrogen-bond acceptors (Lipinski definition) is 4. The predicted octanol–water partition coefficient (Wildman–Crippen LogP) is 2.65. The van der Waals surface area contributed by atoms with Gasteiger partial charge in [-0.3, -0.25) is 9.69 Å². The van der Waals surface area contributed by atoms with Gasteiger partial charge in [0.1, 0.15) is 5.82 Å². The van der Waals surface area contributed by atoms with Crippen LogP contribution in [-0.2, 0) is 9.53 Å². The van der Waals surface area contributed by atoms with E-state index in [1.807, 2.05) is 24.8 Å². The fraction of sp³-hybridized carbons (Fsp3) is 0.600. The summed E-state index contributed by atoms with van der Waals surface area (Å²) in [5.74, 6) is 1.10. The zero-order valence-corrected chi connectivity index (χ0v) is 15.9. The molecule has 3 heterocycles. The van der Waals surface area contributed by atoms with E-state index < -0.39 is 5.54 Å². The Labute approximate surface area is 154 Å². The van der Waals surface area contributed by atoms with Gasteiger partial charge in [-0.05, 0) is 51.3 Å². The van der Waals surface area contributed by atoms with Crippen molar-refractivity contribution < 1.29 is 9.53 Å². The number of benzene rings is 1. The van der Waals surface area contributed by atoms with Crippen molar-refractivity contribution in [2.24, 2.45) is 0 Å². The number of imidazole rings is 1. The summed E-state index contributed by atoms with van der Waals surface area (Å²) in [6.45, 7) is 9.97. The van der Waals surface area contributed by atoms with Crippen LogP contribution in [0.3, 0.4) is 0 Å². The molecule has 2 saturated heterocycles. The van der Waals surface area contributed by atoms with E-state index in [2.05, 4.69) is 28.9 Å². The highest BCUT2D eigenvalue weighted by atomic mass is 16.5. The summed E-state index contributed by atoms with van der Waals surface area (Å²) in [5.41, 5.74) is 2.71. The van der Waals surface area contributed by atoms with Gasteiger partial charge in [-0.1, -0.05) is 6.07 Å². The highest BCUT2D eigenvalue weighted by molar-refractivity contribution is 5.86. The third kappa shape index (κ3) is 3.01. The monoisotopic (exact) mass is 356 g/mol. The van der Waals surface area contributed by atoms with Crippen molar-refractivity contribution in [2.45, 2.75) is 45.2 Å². The standard InChI is InChI=1S/C20H28N4O2/c1-14-6-7-15-16(13-14)22-18(21-15)17-5-4-8-24(17)19(25)20(2,3)23-9-11-26-12-10-23/h6-7,13,17H,4-5,8-12H2,1-3H3,(H,21,22)/t17-/m1/s1. The van der Waals surface area contributed by atoms with E-state index in [4.69, 9.17) is 9.72 Å². The molecule has 26 heavy (non-hydrogen) atoms. The van der Waals surface area contributed by atoms with Crippen LogP contribution in [0.15, 0.2) is 18.2 Å². The van der Waals surface area contributed by atoms with Gasteiger partial charge in [0.05, 0.1) is 35.8 Å². The minimum atomic E-state index is -0.519. The molecule has 1 aromatic heterocycles. The number of fused-ring (bicyclic) bond motifs is 1. The minimum Gasteiger partial charge on any atom is -0.379 e. The number of likely N-dealkylation sites (tertiary alicyclic amines) is 1. The van der Waals surface area contributed by atoms with Gasteiger partial charge < -0.3 is 14.6 Å². The molecular formula is C20H28N4O2. The first-order valence-corrected chi connectivity index (χ1v) is 9.57. The fourth-order valence-corrected chi connectivity index (χ4v) is 4.20. The van der Waals surface area contributed by atoms with Gasteiger partial charge in [0.15, 0.2) is 0 Å². The van der Waals surface area contributed by atoms with Crippen LogP contribution in [0.5, 0.6) is 0 Å². The molecule has 2 aromatic rings. The van der Waals surface area contributed by atoms with Crippen molar-refractivity contribution in [3.05, 3.63) is 29.6 Å². The zero-order chi connectivity index (χ0) is 18.3. The topological polar surface area (TPSA) is 61.5 Å². The van der Waals surface area contributed by atoms with E-state index in [-0.39, 0.29) is 11.9 Å². The predicted molar refractivity (Wildman–Crippen MR) is 101 cm³/mol. The van der Waals surface area contributed by atoms with Crippen molar-refractivity contribution in [1.29, 1.82) is 0 Å². The smallest absolute Gasteiger partial charge is 0.243 e. The third-order valence-electron chi connectivity index (χ3n) is 5.81. The Morgan fingerprint density at radius 1 is 1.27 bits per heavy atom. The number of aryl methyl sites for hydroxylation is 1. The van der Waals surface area contributed by atoms with E-state index in [1.165, 1.54) is 5.56 Å². The molecule has 0 saturated carbocycles. The summed E-state index contributed by atoms with van der Waals surface area (Å²) in [6, 6.07) is 6.27. The van der Waals surface area contributed by atoms with Gasteiger partial charge in [-0.2, -0.15) is 0 Å². The number of aromatic amines is 1. The van der Waals surface area contributed by atoms with Crippen molar-refractivity contribution >= 4 is 16.9 Å². The maximum atomic E-state index is 13.4. The lowest BCUT2D eigenvalue weighted by Crippen LogP contribution is -2.58. The molecule has 0 bridgehead atoms. The summed E-state index contributed by atoms with van der Waals surface area (Å²) in [4.78, 5) is 25.9. The number of nitrogens with zero attached hydrogens (tertiary/aromatic N) is 3. The Balaban J connectivity index is 1.59. The zero-order valence-electron chi connectivity index (χ0n) is 15.9. The molecule has 1 aromatic carbocycles. The van der Waals surface area contributed by atoms with Crippen LogP contribution in [0.4, 0.5) is 0 Å². The first-order chi connectivity index (χ1) is 12.5. The fourth-order valence-electron chi connectivity index (χ4n) is 4.20. The first kappa shape index (κ1) is 17.5. The van der Waals surface area contributed by atoms with Crippen molar-refractivity contribution in [3.63, 3.8) is 0 Å². The Bertz CT molecular complexity index is 807. The molecule has 2 aliphatic rings. The molecule has 6 nitrogen and oxygen atoms in total. The Morgan fingerprint density at radius 2 is 2.04 bits per heavy atom. The number of morpholine rings is 1. The molecule has 0 radical (unpaired) electrons. The van der Waals surface area contributed by atoms with Crippen LogP contribution in [0.25, 0.3) is 11.0 Å². The average Bonchev–Trinajstić information content (AvgIpc) is 3.27. The SMILES string of the molecule is Cc1ccc2nc([C@H]3CCCN3C(=O)C(C)(C)N3CCOCC3)[nH]c2c1. The number of rotatable bonds is 3. The van der Waals surface area contributed by atoms with E-state index in [1.54, 1.807) is 0 Å². The molecule has 0 spiro atoms. The number of H-pyrrole nitrogens is 1. The summed E-state index contributed by atoms with van der Waals surface area (Å²) >= 11 is 0. The summed E-state index contributed by atoms with van der Waals surface area (Å²) in [7, 11) is 0. The second kappa shape index (κ2) is 6.67. The van der Waals surface area contributed by atoms with Gasteiger partial charge in [0, 0.05) is 19.6 Å². The maximum Gasteiger partial charge on any atom is 0.243 e. The molecule has 2 aliphatic heterocycles. The largest absolute Gasteiger partial charge is 0.379 e. The lowest BCUT2D eigenvalue weighted by Gasteiger charge is -2.42. The molecule has 1 amide bonds. The number of ether oxygens (including phenoxy) is 1. The Hall–Kier alpha value is -1.92.